The molecule has 1 aliphatic rings. The molecule has 1 fully saturated rings. The minimum atomic E-state index is -3.26. The Hall–Kier alpha value is -2.34. The molecule has 0 radical (unpaired) electrons. The van der Waals surface area contributed by atoms with E-state index in [1.165, 1.54) is 4.31 Å². The first-order valence-electron chi connectivity index (χ1n) is 8.77. The maximum absolute atomic E-state index is 12.6. The average Bonchev–Trinajstić information content (AvgIpc) is 2.57. The molecule has 2 aromatic carbocycles. The van der Waals surface area contributed by atoms with Crippen molar-refractivity contribution < 1.29 is 13.2 Å². The van der Waals surface area contributed by atoms with Crippen LogP contribution in [0.1, 0.15) is 39.9 Å². The lowest BCUT2D eigenvalue weighted by Gasteiger charge is -2.29. The second-order valence-electron chi connectivity index (χ2n) is 6.87. The third-order valence-electron chi connectivity index (χ3n) is 4.71. The van der Waals surface area contributed by atoms with Crippen molar-refractivity contribution in [1.82, 2.24) is 0 Å². The molecule has 6 heteroatoms. The molecule has 0 aromatic heterocycles. The van der Waals surface area contributed by atoms with Crippen molar-refractivity contribution in [3.8, 4) is 0 Å². The summed E-state index contributed by atoms with van der Waals surface area (Å²) in [5.41, 5.74) is 4.88. The molecule has 1 amide bonds. The summed E-state index contributed by atoms with van der Waals surface area (Å²) >= 11 is 0. The molecule has 0 saturated carbocycles. The predicted molar refractivity (Wildman–Crippen MR) is 105 cm³/mol. The molecule has 26 heavy (non-hydrogen) atoms. The van der Waals surface area contributed by atoms with Gasteiger partial charge >= 0.3 is 0 Å². The van der Waals surface area contributed by atoms with Crippen LogP contribution in [0.3, 0.4) is 0 Å². The molecule has 1 aliphatic heterocycles. The van der Waals surface area contributed by atoms with Gasteiger partial charge in [-0.1, -0.05) is 17.7 Å². The first-order valence-corrected chi connectivity index (χ1v) is 10.4. The fraction of sp³-hybridized carbons (Fsp3) is 0.350. The number of amides is 1. The highest BCUT2D eigenvalue weighted by Crippen LogP contribution is 2.28. The number of carbonyl (C=O) groups is 1. The number of carbonyl (C=O) groups excluding carboxylic acids is 1. The summed E-state index contributed by atoms with van der Waals surface area (Å²) in [4.78, 5) is 12.6. The number of aryl methyl sites for hydroxylation is 3. The Kier molecular flexibility index (Phi) is 5.05. The van der Waals surface area contributed by atoms with Gasteiger partial charge in [-0.05, 0) is 69.0 Å². The van der Waals surface area contributed by atoms with E-state index in [1.54, 1.807) is 18.2 Å². The standard InChI is InChI=1S/C20H24N2O3S/c1-14-6-8-18(15(2)12-14)21-20(23)17-7-9-19(16(3)13-17)22-10-4-5-11-26(22,24)25/h6-9,12-13H,4-5,10-11H2,1-3H3,(H,21,23). The van der Waals surface area contributed by atoms with Gasteiger partial charge in [-0.25, -0.2) is 8.42 Å². The molecular formula is C20H24N2O3S. The normalized spacial score (nSPS) is 16.3. The molecule has 1 N–H and O–H groups in total. The van der Waals surface area contributed by atoms with Gasteiger partial charge < -0.3 is 5.32 Å². The predicted octanol–water partition coefficient (Wildman–Crippen LogP) is 3.79. The van der Waals surface area contributed by atoms with Crippen LogP contribution in [-0.4, -0.2) is 26.6 Å². The van der Waals surface area contributed by atoms with E-state index < -0.39 is 10.0 Å². The van der Waals surface area contributed by atoms with E-state index in [0.717, 1.165) is 28.8 Å². The smallest absolute Gasteiger partial charge is 0.255 e. The lowest BCUT2D eigenvalue weighted by molar-refractivity contribution is 0.102. The number of hydrogen-bond donors (Lipinski definition) is 1. The Bertz CT molecular complexity index is 952. The van der Waals surface area contributed by atoms with E-state index in [9.17, 15) is 13.2 Å². The van der Waals surface area contributed by atoms with Crippen LogP contribution in [0.25, 0.3) is 0 Å². The Morgan fingerprint density at radius 1 is 1.00 bits per heavy atom. The lowest BCUT2D eigenvalue weighted by Crippen LogP contribution is -2.38. The van der Waals surface area contributed by atoms with Crippen LogP contribution >= 0.6 is 0 Å². The van der Waals surface area contributed by atoms with Crippen molar-refractivity contribution >= 4 is 27.3 Å². The quantitative estimate of drug-likeness (QED) is 0.891. The highest BCUT2D eigenvalue weighted by atomic mass is 32.2. The van der Waals surface area contributed by atoms with E-state index in [1.807, 2.05) is 39.0 Å². The Morgan fingerprint density at radius 3 is 2.42 bits per heavy atom. The number of sulfonamides is 1. The Labute approximate surface area is 155 Å². The zero-order chi connectivity index (χ0) is 18.9. The van der Waals surface area contributed by atoms with E-state index in [0.29, 0.717) is 24.2 Å². The van der Waals surface area contributed by atoms with E-state index in [4.69, 9.17) is 0 Å². The van der Waals surface area contributed by atoms with Crippen LogP contribution in [-0.2, 0) is 10.0 Å². The first kappa shape index (κ1) is 18.5. The summed E-state index contributed by atoms with van der Waals surface area (Å²) in [6.45, 7) is 6.30. The summed E-state index contributed by atoms with van der Waals surface area (Å²) in [5.74, 6) is -0.0189. The van der Waals surface area contributed by atoms with Gasteiger partial charge in [-0.15, -0.1) is 0 Å². The van der Waals surface area contributed by atoms with E-state index >= 15 is 0 Å². The molecule has 3 rings (SSSR count). The number of anilines is 2. The van der Waals surface area contributed by atoms with Gasteiger partial charge in [0.2, 0.25) is 10.0 Å². The minimum absolute atomic E-state index is 0.182. The molecule has 0 spiro atoms. The van der Waals surface area contributed by atoms with Gasteiger partial charge in [-0.2, -0.15) is 0 Å². The van der Waals surface area contributed by atoms with Gasteiger partial charge in [0.15, 0.2) is 0 Å². The van der Waals surface area contributed by atoms with Gasteiger partial charge in [0.05, 0.1) is 11.4 Å². The van der Waals surface area contributed by atoms with Gasteiger partial charge in [-0.3, -0.25) is 9.10 Å². The number of nitrogens with zero attached hydrogens (tertiary/aromatic N) is 1. The lowest BCUT2D eigenvalue weighted by atomic mass is 10.1. The van der Waals surface area contributed by atoms with Gasteiger partial charge in [0.25, 0.3) is 5.91 Å². The zero-order valence-electron chi connectivity index (χ0n) is 15.4. The van der Waals surface area contributed by atoms with Crippen LogP contribution in [0, 0.1) is 20.8 Å². The molecule has 2 aromatic rings. The second-order valence-corrected chi connectivity index (χ2v) is 8.88. The summed E-state index contributed by atoms with van der Waals surface area (Å²) in [5, 5.41) is 2.93. The monoisotopic (exact) mass is 372 g/mol. The van der Waals surface area contributed by atoms with Crippen LogP contribution < -0.4 is 9.62 Å². The number of hydrogen-bond acceptors (Lipinski definition) is 3. The molecular weight excluding hydrogens is 348 g/mol. The van der Waals surface area contributed by atoms with Crippen molar-refractivity contribution in [2.45, 2.75) is 33.6 Å². The summed E-state index contributed by atoms with van der Waals surface area (Å²) in [7, 11) is -3.26. The highest BCUT2D eigenvalue weighted by molar-refractivity contribution is 7.92. The third kappa shape index (κ3) is 3.75. The minimum Gasteiger partial charge on any atom is -0.322 e. The molecule has 0 atom stereocenters. The first-order chi connectivity index (χ1) is 12.3. The van der Waals surface area contributed by atoms with E-state index in [-0.39, 0.29) is 11.7 Å². The van der Waals surface area contributed by atoms with Crippen LogP contribution in [0.4, 0.5) is 11.4 Å². The SMILES string of the molecule is Cc1ccc(NC(=O)c2ccc(N3CCCCS3(=O)=O)c(C)c2)c(C)c1. The van der Waals surface area contributed by atoms with Crippen molar-refractivity contribution in [2.24, 2.45) is 0 Å². The van der Waals surface area contributed by atoms with Crippen molar-refractivity contribution in [3.63, 3.8) is 0 Å². The average molecular weight is 372 g/mol. The maximum Gasteiger partial charge on any atom is 0.255 e. The third-order valence-corrected chi connectivity index (χ3v) is 6.56. The number of nitrogens with one attached hydrogen (secondary N) is 1. The largest absolute Gasteiger partial charge is 0.322 e. The molecule has 0 unspecified atom stereocenters. The van der Waals surface area contributed by atoms with Crippen LogP contribution in [0.2, 0.25) is 0 Å². The Balaban J connectivity index is 1.84. The summed E-state index contributed by atoms with van der Waals surface area (Å²) in [6.07, 6.45) is 1.56. The van der Waals surface area contributed by atoms with Gasteiger partial charge in [0, 0.05) is 17.8 Å². The zero-order valence-corrected chi connectivity index (χ0v) is 16.2. The maximum atomic E-state index is 12.6. The Morgan fingerprint density at radius 2 is 1.77 bits per heavy atom. The molecule has 0 aliphatic carbocycles. The van der Waals surface area contributed by atoms with Crippen LogP contribution in [0.5, 0.6) is 0 Å². The van der Waals surface area contributed by atoms with Crippen molar-refractivity contribution in [2.75, 3.05) is 21.9 Å². The second kappa shape index (κ2) is 7.11. The molecule has 138 valence electrons. The molecule has 1 heterocycles. The molecule has 5 nitrogen and oxygen atoms in total. The summed E-state index contributed by atoms with van der Waals surface area (Å²) in [6, 6.07) is 11.0. The van der Waals surface area contributed by atoms with Gasteiger partial charge in [0.1, 0.15) is 0 Å². The van der Waals surface area contributed by atoms with E-state index in [2.05, 4.69) is 5.32 Å². The summed E-state index contributed by atoms with van der Waals surface area (Å²) < 4.78 is 26.1. The fourth-order valence-corrected chi connectivity index (χ4v) is 4.99. The number of rotatable bonds is 3. The van der Waals surface area contributed by atoms with Crippen molar-refractivity contribution in [1.29, 1.82) is 0 Å². The topological polar surface area (TPSA) is 66.5 Å². The molecule has 0 bridgehead atoms. The highest BCUT2D eigenvalue weighted by Gasteiger charge is 2.27. The van der Waals surface area contributed by atoms with Crippen molar-refractivity contribution in [3.05, 3.63) is 58.7 Å². The fourth-order valence-electron chi connectivity index (χ4n) is 3.28. The molecule has 1 saturated heterocycles. The van der Waals surface area contributed by atoms with Crippen LogP contribution in [0.15, 0.2) is 36.4 Å². The number of benzene rings is 2.